The van der Waals surface area contributed by atoms with E-state index in [2.05, 4.69) is 0 Å². The van der Waals surface area contributed by atoms with Crippen LogP contribution in [0, 0.1) is 0 Å². The van der Waals surface area contributed by atoms with Crippen molar-refractivity contribution in [1.82, 2.24) is 9.55 Å². The molecule has 0 aromatic carbocycles. The van der Waals surface area contributed by atoms with Gasteiger partial charge in [-0.15, -0.1) is 0 Å². The van der Waals surface area contributed by atoms with Crippen LogP contribution >= 0.6 is 0 Å². The summed E-state index contributed by atoms with van der Waals surface area (Å²) in [5, 5.41) is 30.2. The van der Waals surface area contributed by atoms with E-state index in [1.165, 1.54) is 4.98 Å². The molecule has 0 radical (unpaired) electrons. The molecule has 0 spiro atoms. The second-order valence-corrected chi connectivity index (χ2v) is 5.65. The normalized spacial score (nSPS) is 37.4. The molecule has 23 heavy (non-hydrogen) atoms. The summed E-state index contributed by atoms with van der Waals surface area (Å²) in [5.74, 6) is 0. The SMILES string of the molecule is [2H]c1c([2H])n([C@@H]2O[C@H](C3(O)CC3)C(O)[C@]2(O)C(F)(F)F)c(=O)[nH]c1=O. The van der Waals surface area contributed by atoms with Gasteiger partial charge in [-0.05, 0) is 12.8 Å². The van der Waals surface area contributed by atoms with Crippen LogP contribution in [0.1, 0.15) is 21.8 Å². The van der Waals surface area contributed by atoms with Crippen LogP contribution in [0.3, 0.4) is 0 Å². The highest BCUT2D eigenvalue weighted by Crippen LogP contribution is 2.54. The van der Waals surface area contributed by atoms with Gasteiger partial charge in [0, 0.05) is 12.2 Å². The molecule has 1 aromatic rings. The van der Waals surface area contributed by atoms with Crippen LogP contribution in [0.4, 0.5) is 13.2 Å². The molecular weight excluding hydrogens is 325 g/mol. The third-order valence-electron chi connectivity index (χ3n) is 4.10. The maximum Gasteiger partial charge on any atom is 0.424 e. The first-order chi connectivity index (χ1) is 11.3. The largest absolute Gasteiger partial charge is 0.424 e. The van der Waals surface area contributed by atoms with E-state index in [0.717, 1.165) is 0 Å². The van der Waals surface area contributed by atoms with Gasteiger partial charge in [0.05, 0.1) is 8.34 Å². The van der Waals surface area contributed by atoms with Crippen molar-refractivity contribution < 1.29 is 36.0 Å². The maximum absolute atomic E-state index is 13.5. The second-order valence-electron chi connectivity index (χ2n) is 5.65. The highest BCUT2D eigenvalue weighted by atomic mass is 19.4. The number of alkyl halides is 3. The Morgan fingerprint density at radius 3 is 2.52 bits per heavy atom. The zero-order chi connectivity index (χ0) is 18.9. The van der Waals surface area contributed by atoms with Gasteiger partial charge in [-0.1, -0.05) is 0 Å². The van der Waals surface area contributed by atoms with Gasteiger partial charge in [-0.3, -0.25) is 14.3 Å². The van der Waals surface area contributed by atoms with Crippen molar-refractivity contribution in [3.8, 4) is 0 Å². The Bertz CT molecular complexity index is 836. The number of ether oxygens (including phenoxy) is 1. The van der Waals surface area contributed by atoms with Crippen LogP contribution in [0.2, 0.25) is 0 Å². The quantitative estimate of drug-likeness (QED) is 0.526. The first-order valence-electron chi connectivity index (χ1n) is 7.51. The molecule has 1 saturated heterocycles. The summed E-state index contributed by atoms with van der Waals surface area (Å²) in [4.78, 5) is 24.7. The van der Waals surface area contributed by atoms with E-state index in [4.69, 9.17) is 7.48 Å². The highest BCUT2D eigenvalue weighted by molar-refractivity contribution is 5.15. The Kier molecular flexibility index (Phi) is 2.78. The minimum atomic E-state index is -5.51. The van der Waals surface area contributed by atoms with Crippen molar-refractivity contribution in [3.05, 3.63) is 33.1 Å². The predicted molar refractivity (Wildman–Crippen MR) is 66.4 cm³/mol. The van der Waals surface area contributed by atoms with Gasteiger partial charge < -0.3 is 20.1 Å². The van der Waals surface area contributed by atoms with Crippen LogP contribution < -0.4 is 11.2 Å². The summed E-state index contributed by atoms with van der Waals surface area (Å²) >= 11 is 0. The van der Waals surface area contributed by atoms with Crippen molar-refractivity contribution in [2.24, 2.45) is 0 Å². The molecule has 4 atom stereocenters. The van der Waals surface area contributed by atoms with Gasteiger partial charge in [0.25, 0.3) is 5.56 Å². The average molecular weight is 340 g/mol. The Labute approximate surface area is 128 Å². The molecule has 1 saturated carbocycles. The maximum atomic E-state index is 13.5. The number of hydrogen-bond donors (Lipinski definition) is 4. The first kappa shape index (κ1) is 13.7. The number of aliphatic hydroxyl groups excluding tert-OH is 1. The molecule has 8 nitrogen and oxygen atoms in total. The van der Waals surface area contributed by atoms with E-state index < -0.39 is 59.3 Å². The minimum absolute atomic E-state index is 0.00727. The fourth-order valence-corrected chi connectivity index (χ4v) is 2.61. The predicted octanol–water partition coefficient (Wildman–Crippen LogP) is -1.39. The summed E-state index contributed by atoms with van der Waals surface area (Å²) in [6.07, 6.45) is -13.9. The number of aliphatic hydroxyl groups is 3. The number of aromatic amines is 1. The lowest BCUT2D eigenvalue weighted by Crippen LogP contribution is -2.59. The van der Waals surface area contributed by atoms with E-state index >= 15 is 0 Å². The molecule has 2 aliphatic rings. The Morgan fingerprint density at radius 2 is 2.00 bits per heavy atom. The summed E-state index contributed by atoms with van der Waals surface area (Å²) < 4.78 is 60.3. The highest BCUT2D eigenvalue weighted by Gasteiger charge is 2.74. The average Bonchev–Trinajstić information content (AvgIpc) is 3.17. The lowest BCUT2D eigenvalue weighted by atomic mass is 9.90. The topological polar surface area (TPSA) is 125 Å². The molecule has 128 valence electrons. The Morgan fingerprint density at radius 1 is 1.39 bits per heavy atom. The minimum Gasteiger partial charge on any atom is -0.387 e. The molecule has 2 fully saturated rings. The van der Waals surface area contributed by atoms with Crippen molar-refractivity contribution in [2.75, 3.05) is 0 Å². The molecule has 3 rings (SSSR count). The van der Waals surface area contributed by atoms with Gasteiger partial charge in [0.2, 0.25) is 5.60 Å². The van der Waals surface area contributed by atoms with E-state index in [1.807, 2.05) is 0 Å². The van der Waals surface area contributed by atoms with Gasteiger partial charge in [-0.25, -0.2) is 4.79 Å². The van der Waals surface area contributed by atoms with Gasteiger partial charge in [0.1, 0.15) is 12.2 Å². The number of halogens is 3. The van der Waals surface area contributed by atoms with E-state index in [0.29, 0.717) is 0 Å². The van der Waals surface area contributed by atoms with E-state index in [1.54, 1.807) is 0 Å². The number of nitrogens with zero attached hydrogens (tertiary/aromatic N) is 1. The molecule has 1 aromatic heterocycles. The van der Waals surface area contributed by atoms with Crippen molar-refractivity contribution in [1.29, 1.82) is 0 Å². The Hall–Kier alpha value is -1.69. The number of H-pyrrole nitrogens is 1. The van der Waals surface area contributed by atoms with Gasteiger partial charge >= 0.3 is 11.9 Å². The van der Waals surface area contributed by atoms with Crippen LogP contribution in [0.15, 0.2) is 21.8 Å². The molecule has 1 unspecified atom stereocenters. The van der Waals surface area contributed by atoms with E-state index in [-0.39, 0.29) is 17.4 Å². The number of hydrogen-bond acceptors (Lipinski definition) is 6. The molecule has 1 aliphatic carbocycles. The summed E-state index contributed by atoms with van der Waals surface area (Å²) in [6.45, 7) is 0. The molecule has 11 heteroatoms. The van der Waals surface area contributed by atoms with Gasteiger partial charge in [0.15, 0.2) is 6.23 Å². The summed E-state index contributed by atoms with van der Waals surface area (Å²) in [5.41, 5.74) is -8.70. The Balaban J connectivity index is 2.22. The fraction of sp³-hybridized carbons (Fsp3) is 0.667. The lowest BCUT2D eigenvalue weighted by molar-refractivity contribution is -0.304. The molecule has 2 heterocycles. The zero-order valence-electron chi connectivity index (χ0n) is 13.3. The smallest absolute Gasteiger partial charge is 0.387 e. The first-order valence-corrected chi connectivity index (χ1v) is 6.51. The van der Waals surface area contributed by atoms with E-state index in [9.17, 15) is 38.1 Å². The second kappa shape index (κ2) is 4.66. The molecular formula is C12H13F3N2O6. The third kappa shape index (κ3) is 2.23. The van der Waals surface area contributed by atoms with Crippen LogP contribution in [0.25, 0.3) is 0 Å². The molecule has 0 bridgehead atoms. The monoisotopic (exact) mass is 340 g/mol. The number of aromatic nitrogens is 2. The molecule has 1 aliphatic heterocycles. The van der Waals surface area contributed by atoms with Crippen LogP contribution in [-0.2, 0) is 4.74 Å². The molecule has 0 amide bonds. The standard InChI is InChI=1S/C12H13F3N2O6/c13-12(14,15)11(22)6(19)7(10(21)2-3-10)23-8(11)17-4-1-5(18)16-9(17)20/h1,4,6-8,19,21-22H,2-3H2,(H,16,18,20)/t6?,7-,8+,11+/m0/s1/i1D,4D. The van der Waals surface area contributed by atoms with Crippen molar-refractivity contribution >= 4 is 0 Å². The zero-order valence-corrected chi connectivity index (χ0v) is 11.3. The van der Waals surface area contributed by atoms with Crippen LogP contribution in [-0.4, -0.2) is 54.5 Å². The van der Waals surface area contributed by atoms with Crippen molar-refractivity contribution in [2.45, 2.75) is 48.7 Å². The molecule has 4 N–H and O–H groups in total. The lowest BCUT2D eigenvalue weighted by Gasteiger charge is -2.33. The van der Waals surface area contributed by atoms with Crippen molar-refractivity contribution in [3.63, 3.8) is 0 Å². The number of nitrogens with one attached hydrogen (secondary N) is 1. The fourth-order valence-electron chi connectivity index (χ4n) is 2.61. The summed E-state index contributed by atoms with van der Waals surface area (Å²) in [7, 11) is 0. The summed E-state index contributed by atoms with van der Waals surface area (Å²) in [6, 6.07) is -1.13. The van der Waals surface area contributed by atoms with Crippen LogP contribution in [0.5, 0.6) is 0 Å². The van der Waals surface area contributed by atoms with Gasteiger partial charge in [-0.2, -0.15) is 13.2 Å². The number of rotatable bonds is 2. The third-order valence-corrected chi connectivity index (χ3v) is 4.10.